The molecule has 2 unspecified atom stereocenters. The van der Waals surface area contributed by atoms with Crippen molar-refractivity contribution in [2.75, 3.05) is 13.1 Å². The lowest BCUT2D eigenvalue weighted by Crippen LogP contribution is -2.52. The zero-order valence-electron chi connectivity index (χ0n) is 16.2. The summed E-state index contributed by atoms with van der Waals surface area (Å²) in [4.78, 5) is 40.8. The van der Waals surface area contributed by atoms with Crippen LogP contribution in [0.3, 0.4) is 0 Å². The van der Waals surface area contributed by atoms with Gasteiger partial charge in [0.25, 0.3) is 5.91 Å². The van der Waals surface area contributed by atoms with Gasteiger partial charge in [-0.15, -0.1) is 0 Å². The van der Waals surface area contributed by atoms with E-state index in [4.69, 9.17) is 5.73 Å². The maximum atomic E-state index is 13.0. The molecule has 150 valence electrons. The highest BCUT2D eigenvalue weighted by molar-refractivity contribution is 6.05. The van der Waals surface area contributed by atoms with Crippen LogP contribution in [0.25, 0.3) is 0 Å². The number of imide groups is 1. The van der Waals surface area contributed by atoms with Crippen LogP contribution in [-0.4, -0.2) is 52.7 Å². The lowest BCUT2D eigenvalue weighted by atomic mass is 9.96. The van der Waals surface area contributed by atoms with Gasteiger partial charge < -0.3 is 10.6 Å². The first-order chi connectivity index (χ1) is 13.6. The standard InChI is InChI=1S/C21H28N4O3/c22-10-9-15-5-1-2-11-24(15)12-14-4-3-6-16-17(14)13-25(21(16)28)18-7-8-19(26)23-20(18)27/h3-4,6,15,18H,1-2,5,7-13,22H2,(H,23,26,27). The van der Waals surface area contributed by atoms with E-state index < -0.39 is 6.04 Å². The Kier molecular flexibility index (Phi) is 5.46. The van der Waals surface area contributed by atoms with E-state index in [-0.39, 0.29) is 24.1 Å². The number of amides is 3. The Morgan fingerprint density at radius 3 is 2.79 bits per heavy atom. The van der Waals surface area contributed by atoms with Crippen LogP contribution in [0.1, 0.15) is 60.0 Å². The van der Waals surface area contributed by atoms with Crippen molar-refractivity contribution in [3.05, 3.63) is 34.9 Å². The van der Waals surface area contributed by atoms with E-state index in [0.717, 1.165) is 30.6 Å². The van der Waals surface area contributed by atoms with Crippen molar-refractivity contribution in [2.45, 2.75) is 63.7 Å². The van der Waals surface area contributed by atoms with E-state index >= 15 is 0 Å². The molecule has 3 heterocycles. The van der Waals surface area contributed by atoms with Crippen LogP contribution in [0.15, 0.2) is 18.2 Å². The molecule has 0 spiro atoms. The summed E-state index contributed by atoms with van der Waals surface area (Å²) < 4.78 is 0. The first-order valence-corrected chi connectivity index (χ1v) is 10.3. The number of hydrogen-bond donors (Lipinski definition) is 2. The molecule has 2 fully saturated rings. The summed E-state index contributed by atoms with van der Waals surface area (Å²) in [6, 6.07) is 5.81. The van der Waals surface area contributed by atoms with E-state index in [0.29, 0.717) is 31.1 Å². The highest BCUT2D eigenvalue weighted by Crippen LogP contribution is 2.31. The Labute approximate surface area is 165 Å². The van der Waals surface area contributed by atoms with Crippen molar-refractivity contribution in [1.29, 1.82) is 0 Å². The zero-order chi connectivity index (χ0) is 19.7. The normalized spacial score (nSPS) is 25.8. The number of carbonyl (C=O) groups excluding carboxylic acids is 3. The molecular weight excluding hydrogens is 356 g/mol. The zero-order valence-corrected chi connectivity index (χ0v) is 16.2. The highest BCUT2D eigenvalue weighted by Gasteiger charge is 2.40. The SMILES string of the molecule is NCCC1CCCCN1Cc1cccc2c1CN(C1CCC(=O)NC1=O)C2=O. The van der Waals surface area contributed by atoms with Crippen LogP contribution in [0.2, 0.25) is 0 Å². The molecule has 28 heavy (non-hydrogen) atoms. The maximum absolute atomic E-state index is 13.0. The number of nitrogens with one attached hydrogen (secondary N) is 1. The lowest BCUT2D eigenvalue weighted by molar-refractivity contribution is -0.136. The number of nitrogens with zero attached hydrogens (tertiary/aromatic N) is 2. The highest BCUT2D eigenvalue weighted by atomic mass is 16.2. The predicted molar refractivity (Wildman–Crippen MR) is 104 cm³/mol. The average Bonchev–Trinajstić information content (AvgIpc) is 3.01. The van der Waals surface area contributed by atoms with E-state index in [1.807, 2.05) is 12.1 Å². The van der Waals surface area contributed by atoms with Crippen LogP contribution >= 0.6 is 0 Å². The van der Waals surface area contributed by atoms with E-state index in [1.54, 1.807) is 4.90 Å². The second-order valence-corrected chi connectivity index (χ2v) is 8.04. The smallest absolute Gasteiger partial charge is 0.255 e. The van der Waals surface area contributed by atoms with Crippen LogP contribution < -0.4 is 11.1 Å². The Balaban J connectivity index is 1.54. The minimum Gasteiger partial charge on any atom is -0.330 e. The fourth-order valence-corrected chi connectivity index (χ4v) is 4.80. The summed E-state index contributed by atoms with van der Waals surface area (Å²) in [5.41, 5.74) is 8.68. The van der Waals surface area contributed by atoms with Gasteiger partial charge in [0.2, 0.25) is 11.8 Å². The summed E-state index contributed by atoms with van der Waals surface area (Å²) >= 11 is 0. The number of piperidine rings is 2. The third-order valence-electron chi connectivity index (χ3n) is 6.30. The molecule has 0 bridgehead atoms. The summed E-state index contributed by atoms with van der Waals surface area (Å²) in [6.45, 7) is 2.99. The minimum absolute atomic E-state index is 0.108. The molecule has 0 radical (unpaired) electrons. The van der Waals surface area contributed by atoms with Gasteiger partial charge in [-0.2, -0.15) is 0 Å². The minimum atomic E-state index is -0.564. The molecule has 4 rings (SSSR count). The number of nitrogens with two attached hydrogens (primary N) is 1. The Bertz CT molecular complexity index is 792. The molecule has 3 aliphatic heterocycles. The van der Waals surface area contributed by atoms with Gasteiger partial charge in [-0.25, -0.2) is 0 Å². The second-order valence-electron chi connectivity index (χ2n) is 8.04. The van der Waals surface area contributed by atoms with Gasteiger partial charge in [0, 0.05) is 31.1 Å². The molecule has 2 atom stereocenters. The van der Waals surface area contributed by atoms with Crippen molar-refractivity contribution >= 4 is 17.7 Å². The Morgan fingerprint density at radius 1 is 1.14 bits per heavy atom. The number of rotatable bonds is 5. The number of hydrogen-bond acceptors (Lipinski definition) is 5. The molecule has 7 nitrogen and oxygen atoms in total. The Hall–Kier alpha value is -2.25. The predicted octanol–water partition coefficient (Wildman–Crippen LogP) is 1.15. The van der Waals surface area contributed by atoms with Crippen molar-refractivity contribution in [1.82, 2.24) is 15.1 Å². The third-order valence-corrected chi connectivity index (χ3v) is 6.30. The number of benzene rings is 1. The largest absolute Gasteiger partial charge is 0.330 e. The van der Waals surface area contributed by atoms with Gasteiger partial charge >= 0.3 is 0 Å². The molecular formula is C21H28N4O3. The fourth-order valence-electron chi connectivity index (χ4n) is 4.80. The average molecular weight is 384 g/mol. The third kappa shape index (κ3) is 3.56. The first kappa shape index (κ1) is 19.1. The van der Waals surface area contributed by atoms with Gasteiger partial charge in [-0.05, 0) is 56.0 Å². The number of fused-ring (bicyclic) bond motifs is 1. The van der Waals surface area contributed by atoms with Crippen LogP contribution in [0, 0.1) is 0 Å². The molecule has 3 N–H and O–H groups in total. The van der Waals surface area contributed by atoms with E-state index in [1.165, 1.54) is 19.3 Å². The van der Waals surface area contributed by atoms with Crippen LogP contribution in [0.4, 0.5) is 0 Å². The topological polar surface area (TPSA) is 95.7 Å². The van der Waals surface area contributed by atoms with Crippen molar-refractivity contribution < 1.29 is 14.4 Å². The quantitative estimate of drug-likeness (QED) is 0.743. The van der Waals surface area contributed by atoms with Gasteiger partial charge in [0.05, 0.1) is 0 Å². The van der Waals surface area contributed by atoms with Crippen LogP contribution in [-0.2, 0) is 22.7 Å². The molecule has 3 amide bonds. The van der Waals surface area contributed by atoms with E-state index in [2.05, 4.69) is 16.3 Å². The van der Waals surface area contributed by atoms with Crippen molar-refractivity contribution in [3.63, 3.8) is 0 Å². The van der Waals surface area contributed by atoms with E-state index in [9.17, 15) is 14.4 Å². The van der Waals surface area contributed by atoms with Crippen LogP contribution in [0.5, 0.6) is 0 Å². The van der Waals surface area contributed by atoms with Gasteiger partial charge in [0.1, 0.15) is 6.04 Å². The summed E-state index contributed by atoms with van der Waals surface area (Å²) in [6.07, 6.45) is 5.28. The summed E-state index contributed by atoms with van der Waals surface area (Å²) in [7, 11) is 0. The van der Waals surface area contributed by atoms with Crippen molar-refractivity contribution in [2.24, 2.45) is 5.73 Å². The second kappa shape index (κ2) is 8.01. The first-order valence-electron chi connectivity index (χ1n) is 10.3. The van der Waals surface area contributed by atoms with Gasteiger partial charge in [0.15, 0.2) is 0 Å². The number of likely N-dealkylation sites (tertiary alicyclic amines) is 1. The fraction of sp³-hybridized carbons (Fsp3) is 0.571. The van der Waals surface area contributed by atoms with Crippen molar-refractivity contribution in [3.8, 4) is 0 Å². The number of carbonyl (C=O) groups is 3. The molecule has 1 aromatic rings. The summed E-state index contributed by atoms with van der Waals surface area (Å²) in [5.74, 6) is -0.733. The van der Waals surface area contributed by atoms with Gasteiger partial charge in [-0.1, -0.05) is 18.6 Å². The molecule has 0 aliphatic carbocycles. The molecule has 3 aliphatic rings. The summed E-state index contributed by atoms with van der Waals surface area (Å²) in [5, 5.41) is 2.36. The molecule has 2 saturated heterocycles. The lowest BCUT2D eigenvalue weighted by Gasteiger charge is -2.36. The molecule has 1 aromatic carbocycles. The Morgan fingerprint density at radius 2 is 2.00 bits per heavy atom. The molecule has 0 saturated carbocycles. The maximum Gasteiger partial charge on any atom is 0.255 e. The molecule has 0 aromatic heterocycles. The monoisotopic (exact) mass is 384 g/mol. The van der Waals surface area contributed by atoms with Gasteiger partial charge in [-0.3, -0.25) is 24.6 Å². The molecule has 7 heteroatoms.